The van der Waals surface area contributed by atoms with Gasteiger partial charge in [0.15, 0.2) is 5.16 Å². The maximum atomic E-state index is 12.1. The predicted molar refractivity (Wildman–Crippen MR) is 75.2 cm³/mol. The molecule has 0 bridgehead atoms. The molecule has 0 spiro atoms. The third-order valence-electron chi connectivity index (χ3n) is 3.19. The molecule has 104 valence electrons. The molecule has 0 aliphatic carbocycles. The summed E-state index contributed by atoms with van der Waals surface area (Å²) in [5.41, 5.74) is -0.184. The summed E-state index contributed by atoms with van der Waals surface area (Å²) in [4.78, 5) is 31.8. The Bertz CT molecular complexity index is 467. The average molecular weight is 281 g/mol. The first-order valence-electron chi connectivity index (χ1n) is 6.71. The van der Waals surface area contributed by atoms with E-state index in [0.717, 1.165) is 25.9 Å². The third kappa shape index (κ3) is 4.70. The molecular weight excluding hydrogens is 262 g/mol. The van der Waals surface area contributed by atoms with Crippen molar-refractivity contribution in [3.8, 4) is 0 Å². The lowest BCUT2D eigenvalue weighted by atomic mass is 10.1. The van der Waals surface area contributed by atoms with Gasteiger partial charge in [-0.3, -0.25) is 9.59 Å². The van der Waals surface area contributed by atoms with Crippen LogP contribution in [0.4, 0.5) is 0 Å². The Kier molecular flexibility index (Phi) is 5.44. The molecule has 0 atom stereocenters. The average Bonchev–Trinajstić information content (AvgIpc) is 2.36. The number of carbonyl (C=O) groups excluding carboxylic acids is 1. The normalized spacial score (nSPS) is 16.7. The van der Waals surface area contributed by atoms with Gasteiger partial charge in [0.1, 0.15) is 0 Å². The van der Waals surface area contributed by atoms with Crippen molar-refractivity contribution in [2.45, 2.75) is 37.3 Å². The molecule has 1 saturated heterocycles. The standard InChI is InChI=1S/C13H19N3O2S/c17-11-6-7-14-13(15-11)19-10-12(18)16-8-4-2-1-3-5-9-16/h6-7H,1-5,8-10H2,(H,14,15,17). The van der Waals surface area contributed by atoms with Crippen LogP contribution >= 0.6 is 11.8 Å². The van der Waals surface area contributed by atoms with Crippen molar-refractivity contribution in [3.63, 3.8) is 0 Å². The number of rotatable bonds is 3. The topological polar surface area (TPSA) is 66.1 Å². The summed E-state index contributed by atoms with van der Waals surface area (Å²) in [5.74, 6) is 0.478. The predicted octanol–water partition coefficient (Wildman–Crippen LogP) is 1.65. The first kappa shape index (κ1) is 14.1. The Labute approximate surface area is 116 Å². The number of nitrogens with one attached hydrogen (secondary N) is 1. The van der Waals surface area contributed by atoms with E-state index >= 15 is 0 Å². The lowest BCUT2D eigenvalue weighted by Crippen LogP contribution is -2.35. The van der Waals surface area contributed by atoms with Crippen molar-refractivity contribution in [1.82, 2.24) is 14.9 Å². The third-order valence-corrected chi connectivity index (χ3v) is 4.06. The zero-order valence-corrected chi connectivity index (χ0v) is 11.7. The molecule has 5 nitrogen and oxygen atoms in total. The minimum atomic E-state index is -0.184. The Hall–Kier alpha value is -1.30. The van der Waals surface area contributed by atoms with E-state index in [-0.39, 0.29) is 11.5 Å². The second kappa shape index (κ2) is 7.33. The number of nitrogens with zero attached hydrogens (tertiary/aromatic N) is 2. The van der Waals surface area contributed by atoms with Crippen LogP contribution in [0.15, 0.2) is 22.2 Å². The van der Waals surface area contributed by atoms with Gasteiger partial charge in [0.25, 0.3) is 5.56 Å². The molecule has 1 aromatic heterocycles. The molecular formula is C13H19N3O2S. The zero-order chi connectivity index (χ0) is 13.5. The molecule has 1 amide bonds. The lowest BCUT2D eigenvalue weighted by molar-refractivity contribution is -0.128. The smallest absolute Gasteiger partial charge is 0.251 e. The van der Waals surface area contributed by atoms with Crippen LogP contribution in [0, 0.1) is 0 Å². The van der Waals surface area contributed by atoms with Crippen LogP contribution in [0.3, 0.4) is 0 Å². The Morgan fingerprint density at radius 1 is 1.26 bits per heavy atom. The van der Waals surface area contributed by atoms with Crippen LogP contribution in [0.5, 0.6) is 0 Å². The molecule has 0 saturated carbocycles. The highest BCUT2D eigenvalue weighted by molar-refractivity contribution is 7.99. The van der Waals surface area contributed by atoms with Gasteiger partial charge in [-0.2, -0.15) is 0 Å². The molecule has 0 aromatic carbocycles. The Morgan fingerprint density at radius 2 is 1.95 bits per heavy atom. The van der Waals surface area contributed by atoms with E-state index in [1.807, 2.05) is 4.90 Å². The molecule has 2 rings (SSSR count). The summed E-state index contributed by atoms with van der Waals surface area (Å²) in [5, 5.41) is 0.507. The van der Waals surface area contributed by atoms with Crippen LogP contribution in [0.2, 0.25) is 0 Å². The molecule has 1 aliphatic heterocycles. The van der Waals surface area contributed by atoms with Crippen LogP contribution in [0.1, 0.15) is 32.1 Å². The Balaban J connectivity index is 1.84. The number of carbonyl (C=O) groups is 1. The van der Waals surface area contributed by atoms with Crippen molar-refractivity contribution in [2.24, 2.45) is 0 Å². The van der Waals surface area contributed by atoms with Gasteiger partial charge in [0.2, 0.25) is 5.91 Å². The monoisotopic (exact) mass is 281 g/mol. The second-order valence-corrected chi connectivity index (χ2v) is 5.64. The van der Waals surface area contributed by atoms with Crippen molar-refractivity contribution in [3.05, 3.63) is 22.6 Å². The number of amides is 1. The Morgan fingerprint density at radius 3 is 2.63 bits per heavy atom. The molecule has 1 fully saturated rings. The van der Waals surface area contributed by atoms with Crippen molar-refractivity contribution in [1.29, 1.82) is 0 Å². The van der Waals surface area contributed by atoms with E-state index in [9.17, 15) is 9.59 Å². The molecule has 1 aromatic rings. The van der Waals surface area contributed by atoms with Crippen molar-refractivity contribution < 1.29 is 4.79 Å². The van der Waals surface area contributed by atoms with Gasteiger partial charge < -0.3 is 9.88 Å². The first-order valence-corrected chi connectivity index (χ1v) is 7.70. The maximum absolute atomic E-state index is 12.1. The quantitative estimate of drug-likeness (QED) is 0.676. The van der Waals surface area contributed by atoms with Gasteiger partial charge in [-0.05, 0) is 12.8 Å². The fourth-order valence-electron chi connectivity index (χ4n) is 2.14. The van der Waals surface area contributed by atoms with Crippen LogP contribution in [-0.4, -0.2) is 39.6 Å². The number of likely N-dealkylation sites (tertiary alicyclic amines) is 1. The van der Waals surface area contributed by atoms with Gasteiger partial charge in [0.05, 0.1) is 5.75 Å². The van der Waals surface area contributed by atoms with E-state index in [0.29, 0.717) is 10.9 Å². The number of aromatic nitrogens is 2. The maximum Gasteiger partial charge on any atom is 0.251 e. The first-order chi connectivity index (χ1) is 9.25. The fourth-order valence-corrected chi connectivity index (χ4v) is 2.89. The molecule has 2 heterocycles. The number of thioether (sulfide) groups is 1. The molecule has 19 heavy (non-hydrogen) atoms. The highest BCUT2D eigenvalue weighted by Gasteiger charge is 2.15. The van der Waals surface area contributed by atoms with E-state index in [4.69, 9.17) is 0 Å². The van der Waals surface area contributed by atoms with E-state index in [2.05, 4.69) is 9.97 Å². The highest BCUT2D eigenvalue weighted by atomic mass is 32.2. The number of aromatic amines is 1. The molecule has 0 unspecified atom stereocenters. The van der Waals surface area contributed by atoms with Crippen LogP contribution < -0.4 is 5.56 Å². The molecule has 6 heteroatoms. The minimum Gasteiger partial charge on any atom is -0.342 e. The zero-order valence-electron chi connectivity index (χ0n) is 10.9. The second-order valence-electron chi connectivity index (χ2n) is 4.68. The van der Waals surface area contributed by atoms with Gasteiger partial charge in [-0.1, -0.05) is 31.0 Å². The van der Waals surface area contributed by atoms with Gasteiger partial charge in [-0.25, -0.2) is 4.98 Å². The van der Waals surface area contributed by atoms with Gasteiger partial charge in [0, 0.05) is 25.4 Å². The summed E-state index contributed by atoms with van der Waals surface area (Å²) >= 11 is 1.29. The van der Waals surface area contributed by atoms with E-state index in [1.165, 1.54) is 43.3 Å². The molecule has 0 radical (unpaired) electrons. The number of hydrogen-bond donors (Lipinski definition) is 1. The summed E-state index contributed by atoms with van der Waals surface area (Å²) in [6.45, 7) is 1.72. The summed E-state index contributed by atoms with van der Waals surface area (Å²) < 4.78 is 0. The van der Waals surface area contributed by atoms with E-state index in [1.54, 1.807) is 0 Å². The fraction of sp³-hybridized carbons (Fsp3) is 0.615. The lowest BCUT2D eigenvalue weighted by Gasteiger charge is -2.24. The van der Waals surface area contributed by atoms with Crippen molar-refractivity contribution >= 4 is 17.7 Å². The minimum absolute atomic E-state index is 0.137. The van der Waals surface area contributed by atoms with Gasteiger partial charge >= 0.3 is 0 Å². The number of H-pyrrole nitrogens is 1. The molecule has 1 N–H and O–H groups in total. The van der Waals surface area contributed by atoms with Crippen molar-refractivity contribution in [2.75, 3.05) is 18.8 Å². The highest BCUT2D eigenvalue weighted by Crippen LogP contribution is 2.14. The number of hydrogen-bond acceptors (Lipinski definition) is 4. The van der Waals surface area contributed by atoms with Crippen LogP contribution in [0.25, 0.3) is 0 Å². The van der Waals surface area contributed by atoms with E-state index < -0.39 is 0 Å². The summed E-state index contributed by atoms with van der Waals surface area (Å²) in [7, 11) is 0. The summed E-state index contributed by atoms with van der Waals surface area (Å²) in [6.07, 6.45) is 7.36. The largest absolute Gasteiger partial charge is 0.342 e. The SMILES string of the molecule is O=C(CSc1nccc(=O)[nH]1)N1CCCCCCC1. The molecule has 1 aliphatic rings. The van der Waals surface area contributed by atoms with Crippen LogP contribution in [-0.2, 0) is 4.79 Å². The summed E-state index contributed by atoms with van der Waals surface area (Å²) in [6, 6.07) is 1.37. The van der Waals surface area contributed by atoms with Gasteiger partial charge in [-0.15, -0.1) is 0 Å².